The molecule has 0 bridgehead atoms. The molecule has 130 valence electrons. The molecule has 0 saturated heterocycles. The Kier molecular flexibility index (Phi) is 5.19. The molecule has 25 heavy (non-hydrogen) atoms. The van der Waals surface area contributed by atoms with Crippen LogP contribution in [0.4, 0.5) is 13.2 Å². The third-order valence-corrected chi connectivity index (χ3v) is 4.00. The molecule has 0 saturated carbocycles. The minimum Gasteiger partial charge on any atom is -0.330 e. The predicted octanol–water partition coefficient (Wildman–Crippen LogP) is 4.37. The molecule has 0 radical (unpaired) electrons. The van der Waals surface area contributed by atoms with Crippen LogP contribution in [-0.2, 0) is 6.54 Å². The molecule has 0 spiro atoms. The predicted molar refractivity (Wildman–Crippen MR) is 91.3 cm³/mol. The Morgan fingerprint density at radius 2 is 1.64 bits per heavy atom. The van der Waals surface area contributed by atoms with Gasteiger partial charge in [-0.15, -0.1) is 0 Å². The summed E-state index contributed by atoms with van der Waals surface area (Å²) < 4.78 is 43.2. The Hall–Kier alpha value is -2.60. The maximum absolute atomic E-state index is 14.4. The van der Waals surface area contributed by atoms with Crippen LogP contribution in [0.2, 0.25) is 0 Å². The molecule has 1 heterocycles. The quantitative estimate of drug-likeness (QED) is 0.532. The number of hydrogen-bond acceptors (Lipinski definition) is 2. The molecule has 2 aromatic carbocycles. The molecule has 0 aliphatic carbocycles. The van der Waals surface area contributed by atoms with Crippen molar-refractivity contribution < 1.29 is 13.2 Å². The lowest BCUT2D eigenvalue weighted by Gasteiger charge is -2.12. The van der Waals surface area contributed by atoms with E-state index < -0.39 is 17.5 Å². The van der Waals surface area contributed by atoms with Gasteiger partial charge in [0.25, 0.3) is 0 Å². The SMILES string of the molecule is NCCCCn1cnc(-c2ccccc2)c1-c1cc(F)c(F)cc1F. The summed E-state index contributed by atoms with van der Waals surface area (Å²) in [5.41, 5.74) is 7.24. The Bertz CT molecular complexity index is 860. The zero-order valence-electron chi connectivity index (χ0n) is 13.6. The topological polar surface area (TPSA) is 43.8 Å². The molecule has 3 rings (SSSR count). The second-order valence-electron chi connectivity index (χ2n) is 5.74. The third-order valence-electron chi connectivity index (χ3n) is 4.00. The highest BCUT2D eigenvalue weighted by Gasteiger charge is 2.20. The first-order valence-electron chi connectivity index (χ1n) is 8.07. The van der Waals surface area contributed by atoms with Gasteiger partial charge in [0.15, 0.2) is 11.6 Å². The van der Waals surface area contributed by atoms with Crippen molar-refractivity contribution in [2.75, 3.05) is 6.54 Å². The summed E-state index contributed by atoms with van der Waals surface area (Å²) in [4.78, 5) is 4.38. The lowest BCUT2D eigenvalue weighted by atomic mass is 10.0. The number of imidazole rings is 1. The molecule has 6 heteroatoms. The second kappa shape index (κ2) is 7.53. The lowest BCUT2D eigenvalue weighted by Crippen LogP contribution is -2.05. The Morgan fingerprint density at radius 3 is 2.36 bits per heavy atom. The highest BCUT2D eigenvalue weighted by molar-refractivity contribution is 5.79. The van der Waals surface area contributed by atoms with Gasteiger partial charge >= 0.3 is 0 Å². The molecule has 0 amide bonds. The lowest BCUT2D eigenvalue weighted by molar-refractivity contribution is 0.495. The number of benzene rings is 2. The fourth-order valence-electron chi connectivity index (χ4n) is 2.77. The van der Waals surface area contributed by atoms with Crippen LogP contribution in [0.5, 0.6) is 0 Å². The van der Waals surface area contributed by atoms with Gasteiger partial charge < -0.3 is 10.3 Å². The number of halogens is 3. The molecule has 0 aliphatic heterocycles. The van der Waals surface area contributed by atoms with Crippen LogP contribution in [0, 0.1) is 17.5 Å². The number of unbranched alkanes of at least 4 members (excludes halogenated alkanes) is 1. The van der Waals surface area contributed by atoms with Gasteiger partial charge in [0, 0.05) is 23.7 Å². The smallest absolute Gasteiger partial charge is 0.161 e. The Morgan fingerprint density at radius 1 is 0.920 bits per heavy atom. The normalized spacial score (nSPS) is 11.0. The fraction of sp³-hybridized carbons (Fsp3) is 0.211. The first kappa shape index (κ1) is 17.2. The van der Waals surface area contributed by atoms with E-state index in [2.05, 4.69) is 4.98 Å². The first-order valence-corrected chi connectivity index (χ1v) is 8.07. The maximum Gasteiger partial charge on any atom is 0.161 e. The summed E-state index contributed by atoms with van der Waals surface area (Å²) in [5.74, 6) is -3.13. The number of aryl methyl sites for hydroxylation is 1. The summed E-state index contributed by atoms with van der Waals surface area (Å²) in [6.45, 7) is 1.11. The number of nitrogens with zero attached hydrogens (tertiary/aromatic N) is 2. The van der Waals surface area contributed by atoms with Gasteiger partial charge in [0.05, 0.1) is 17.7 Å². The highest BCUT2D eigenvalue weighted by Crippen LogP contribution is 2.34. The summed E-state index contributed by atoms with van der Waals surface area (Å²) >= 11 is 0. The van der Waals surface area contributed by atoms with Crippen LogP contribution in [0.15, 0.2) is 48.8 Å². The first-order chi connectivity index (χ1) is 12.1. The van der Waals surface area contributed by atoms with E-state index in [1.54, 1.807) is 10.9 Å². The maximum atomic E-state index is 14.4. The van der Waals surface area contributed by atoms with Crippen molar-refractivity contribution >= 4 is 0 Å². The molecule has 1 aromatic heterocycles. The molecule has 0 fully saturated rings. The van der Waals surface area contributed by atoms with Crippen molar-refractivity contribution in [2.24, 2.45) is 5.73 Å². The van der Waals surface area contributed by atoms with Crippen LogP contribution in [0.25, 0.3) is 22.5 Å². The van der Waals surface area contributed by atoms with Crippen LogP contribution in [-0.4, -0.2) is 16.1 Å². The van der Waals surface area contributed by atoms with Crippen molar-refractivity contribution in [3.8, 4) is 22.5 Å². The van der Waals surface area contributed by atoms with E-state index in [-0.39, 0.29) is 5.56 Å². The molecule has 0 unspecified atom stereocenters. The minimum absolute atomic E-state index is 0.0111. The van der Waals surface area contributed by atoms with Crippen LogP contribution >= 0.6 is 0 Å². The number of nitrogens with two attached hydrogens (primary N) is 1. The van der Waals surface area contributed by atoms with Crippen molar-refractivity contribution in [3.05, 3.63) is 66.2 Å². The standard InChI is InChI=1S/C19H18F3N3/c20-15-11-17(22)16(21)10-14(15)19-18(13-6-2-1-3-7-13)24-12-25(19)9-5-4-8-23/h1-3,6-7,10-12H,4-5,8-9,23H2. The van der Waals surface area contributed by atoms with E-state index >= 15 is 0 Å². The molecule has 3 aromatic rings. The van der Waals surface area contributed by atoms with Gasteiger partial charge in [0.2, 0.25) is 0 Å². The molecule has 3 nitrogen and oxygen atoms in total. The van der Waals surface area contributed by atoms with Gasteiger partial charge in [-0.2, -0.15) is 0 Å². The van der Waals surface area contributed by atoms with Crippen molar-refractivity contribution in [1.29, 1.82) is 0 Å². The molecule has 0 aliphatic rings. The van der Waals surface area contributed by atoms with E-state index in [0.29, 0.717) is 30.5 Å². The summed E-state index contributed by atoms with van der Waals surface area (Å²) in [6, 6.07) is 10.7. The van der Waals surface area contributed by atoms with E-state index in [9.17, 15) is 13.2 Å². The Labute approximate surface area is 143 Å². The number of aromatic nitrogens is 2. The van der Waals surface area contributed by atoms with Crippen molar-refractivity contribution in [3.63, 3.8) is 0 Å². The number of rotatable bonds is 6. The second-order valence-corrected chi connectivity index (χ2v) is 5.74. The van der Waals surface area contributed by atoms with Crippen LogP contribution < -0.4 is 5.73 Å². The minimum atomic E-state index is -1.21. The van der Waals surface area contributed by atoms with Crippen LogP contribution in [0.3, 0.4) is 0 Å². The summed E-state index contributed by atoms with van der Waals surface area (Å²) in [7, 11) is 0. The zero-order valence-corrected chi connectivity index (χ0v) is 13.6. The third kappa shape index (κ3) is 3.58. The zero-order chi connectivity index (χ0) is 17.8. The van der Waals surface area contributed by atoms with E-state index in [0.717, 1.165) is 24.5 Å². The van der Waals surface area contributed by atoms with Gasteiger partial charge in [-0.3, -0.25) is 0 Å². The van der Waals surface area contributed by atoms with Gasteiger partial charge in [0.1, 0.15) is 5.82 Å². The van der Waals surface area contributed by atoms with Crippen molar-refractivity contribution in [2.45, 2.75) is 19.4 Å². The van der Waals surface area contributed by atoms with Crippen LogP contribution in [0.1, 0.15) is 12.8 Å². The largest absolute Gasteiger partial charge is 0.330 e. The summed E-state index contributed by atoms with van der Waals surface area (Å²) in [6.07, 6.45) is 3.17. The van der Waals surface area contributed by atoms with E-state index in [1.807, 2.05) is 30.3 Å². The Balaban J connectivity index is 2.14. The van der Waals surface area contributed by atoms with Gasteiger partial charge in [-0.05, 0) is 25.5 Å². The molecular formula is C19H18F3N3. The number of hydrogen-bond donors (Lipinski definition) is 1. The molecule has 2 N–H and O–H groups in total. The fourth-order valence-corrected chi connectivity index (χ4v) is 2.77. The van der Waals surface area contributed by atoms with Crippen molar-refractivity contribution in [1.82, 2.24) is 9.55 Å². The average molecular weight is 345 g/mol. The highest BCUT2D eigenvalue weighted by atomic mass is 19.2. The van der Waals surface area contributed by atoms with Gasteiger partial charge in [-0.1, -0.05) is 30.3 Å². The van der Waals surface area contributed by atoms with E-state index in [4.69, 9.17) is 5.73 Å². The average Bonchev–Trinajstić information content (AvgIpc) is 3.03. The van der Waals surface area contributed by atoms with Gasteiger partial charge in [-0.25, -0.2) is 18.2 Å². The van der Waals surface area contributed by atoms with E-state index in [1.165, 1.54) is 0 Å². The monoisotopic (exact) mass is 345 g/mol. The summed E-state index contributed by atoms with van der Waals surface area (Å²) in [5, 5.41) is 0. The molecular weight excluding hydrogens is 327 g/mol. The molecule has 0 atom stereocenters.